The van der Waals surface area contributed by atoms with Crippen molar-refractivity contribution < 1.29 is 0 Å². The Labute approximate surface area is 182 Å². The van der Waals surface area contributed by atoms with Crippen molar-refractivity contribution in [3.63, 3.8) is 0 Å². The van der Waals surface area contributed by atoms with E-state index < -0.39 is 0 Å². The summed E-state index contributed by atoms with van der Waals surface area (Å²) in [5, 5.41) is 0. The van der Waals surface area contributed by atoms with Crippen LogP contribution in [0.4, 0.5) is 0 Å². The number of allylic oxidation sites excluding steroid dienone is 2. The predicted octanol–water partition coefficient (Wildman–Crippen LogP) is 5.59. The minimum atomic E-state index is 0.260. The Hall–Kier alpha value is -2.42. The summed E-state index contributed by atoms with van der Waals surface area (Å²) in [4.78, 5) is 5.39. The van der Waals surface area contributed by atoms with E-state index in [0.717, 1.165) is 13.1 Å². The van der Waals surface area contributed by atoms with Gasteiger partial charge in [0, 0.05) is 32.2 Å². The Morgan fingerprint density at radius 1 is 0.833 bits per heavy atom. The molecule has 30 heavy (non-hydrogen) atoms. The number of hydrogen-bond acceptors (Lipinski definition) is 2. The molecule has 2 aliphatic heterocycles. The Morgan fingerprint density at radius 2 is 1.43 bits per heavy atom. The summed E-state index contributed by atoms with van der Waals surface area (Å²) in [6, 6.07) is 20.8. The second kappa shape index (κ2) is 10.1. The third kappa shape index (κ3) is 4.66. The van der Waals surface area contributed by atoms with E-state index in [0.29, 0.717) is 6.04 Å². The maximum Gasteiger partial charge on any atom is 0.0601 e. The maximum atomic E-state index is 4.09. The summed E-state index contributed by atoms with van der Waals surface area (Å²) in [6.45, 7) is 12.6. The van der Waals surface area contributed by atoms with Gasteiger partial charge in [-0.3, -0.25) is 9.80 Å². The van der Waals surface area contributed by atoms with E-state index >= 15 is 0 Å². The van der Waals surface area contributed by atoms with Crippen molar-refractivity contribution in [2.75, 3.05) is 26.2 Å². The first-order valence-electron chi connectivity index (χ1n) is 11.3. The lowest BCUT2D eigenvalue weighted by molar-refractivity contribution is 0.0952. The SMILES string of the molecule is C=C/C=C(\C=C)C(c1ccccc1)N1CCC(N2CCc3ccccc3CC2)CC1. The quantitative estimate of drug-likeness (QED) is 0.585. The fourth-order valence-corrected chi connectivity index (χ4v) is 5.22. The fraction of sp³-hybridized carbons (Fsp3) is 0.357. The van der Waals surface area contributed by atoms with Crippen LogP contribution in [0, 0.1) is 0 Å². The molecule has 4 rings (SSSR count). The monoisotopic (exact) mass is 398 g/mol. The van der Waals surface area contributed by atoms with Crippen LogP contribution in [0.1, 0.15) is 35.6 Å². The first-order valence-corrected chi connectivity index (χ1v) is 11.3. The van der Waals surface area contributed by atoms with Crippen LogP contribution in [0.3, 0.4) is 0 Å². The van der Waals surface area contributed by atoms with E-state index in [-0.39, 0.29) is 6.04 Å². The summed E-state index contributed by atoms with van der Waals surface area (Å²) < 4.78 is 0. The van der Waals surface area contributed by atoms with Crippen molar-refractivity contribution in [2.45, 2.75) is 37.8 Å². The summed E-state index contributed by atoms with van der Waals surface area (Å²) in [6.07, 6.45) is 10.8. The third-order valence-electron chi connectivity index (χ3n) is 6.81. The molecule has 2 aromatic carbocycles. The van der Waals surface area contributed by atoms with Crippen molar-refractivity contribution in [3.05, 3.63) is 108 Å². The zero-order chi connectivity index (χ0) is 20.8. The van der Waals surface area contributed by atoms with E-state index in [1.54, 1.807) is 11.1 Å². The average Bonchev–Trinajstić information content (AvgIpc) is 3.03. The highest BCUT2D eigenvalue weighted by molar-refractivity contribution is 5.36. The highest BCUT2D eigenvalue weighted by Crippen LogP contribution is 2.33. The van der Waals surface area contributed by atoms with Crippen molar-refractivity contribution in [2.24, 2.45) is 0 Å². The lowest BCUT2D eigenvalue weighted by Crippen LogP contribution is -2.47. The van der Waals surface area contributed by atoms with E-state index in [4.69, 9.17) is 0 Å². The fourth-order valence-electron chi connectivity index (χ4n) is 5.22. The number of benzene rings is 2. The molecule has 0 radical (unpaired) electrons. The molecule has 2 aromatic rings. The smallest absolute Gasteiger partial charge is 0.0601 e. The topological polar surface area (TPSA) is 6.48 Å². The number of likely N-dealkylation sites (tertiary alicyclic amines) is 1. The van der Waals surface area contributed by atoms with Crippen molar-refractivity contribution in [1.82, 2.24) is 9.80 Å². The van der Waals surface area contributed by atoms with Crippen LogP contribution in [-0.4, -0.2) is 42.0 Å². The molecular formula is C28H34N2. The third-order valence-corrected chi connectivity index (χ3v) is 6.81. The van der Waals surface area contributed by atoms with Crippen LogP contribution < -0.4 is 0 Å². The summed E-state index contributed by atoms with van der Waals surface area (Å²) >= 11 is 0. The number of nitrogens with zero attached hydrogens (tertiary/aromatic N) is 2. The molecule has 0 aliphatic carbocycles. The zero-order valence-corrected chi connectivity index (χ0v) is 18.0. The van der Waals surface area contributed by atoms with Gasteiger partial charge in [0.05, 0.1) is 6.04 Å². The van der Waals surface area contributed by atoms with Crippen molar-refractivity contribution >= 4 is 0 Å². The summed E-state index contributed by atoms with van der Waals surface area (Å²) in [5.41, 5.74) is 5.67. The first kappa shape index (κ1) is 20.8. The minimum Gasteiger partial charge on any atom is -0.300 e. The number of fused-ring (bicyclic) bond motifs is 1. The number of piperidine rings is 1. The predicted molar refractivity (Wildman–Crippen MR) is 128 cm³/mol. The molecule has 2 nitrogen and oxygen atoms in total. The molecule has 2 heterocycles. The van der Waals surface area contributed by atoms with E-state index in [1.165, 1.54) is 49.9 Å². The van der Waals surface area contributed by atoms with Crippen LogP contribution in [0.2, 0.25) is 0 Å². The molecule has 2 aliphatic rings. The highest BCUT2D eigenvalue weighted by Gasteiger charge is 2.30. The van der Waals surface area contributed by atoms with Gasteiger partial charge in [-0.25, -0.2) is 0 Å². The van der Waals surface area contributed by atoms with Crippen LogP contribution in [0.5, 0.6) is 0 Å². The first-order chi connectivity index (χ1) is 14.8. The van der Waals surface area contributed by atoms with E-state index in [2.05, 4.69) is 83.6 Å². The van der Waals surface area contributed by atoms with E-state index in [9.17, 15) is 0 Å². The Morgan fingerprint density at radius 3 is 2.00 bits per heavy atom. The largest absolute Gasteiger partial charge is 0.300 e. The van der Waals surface area contributed by atoms with Crippen molar-refractivity contribution in [1.29, 1.82) is 0 Å². The second-order valence-corrected chi connectivity index (χ2v) is 8.49. The van der Waals surface area contributed by atoms with Gasteiger partial charge in [-0.1, -0.05) is 86.0 Å². The maximum absolute atomic E-state index is 4.09. The molecule has 2 heteroatoms. The summed E-state index contributed by atoms with van der Waals surface area (Å²) in [5.74, 6) is 0. The van der Waals surface area contributed by atoms with Gasteiger partial charge < -0.3 is 0 Å². The Kier molecular flexibility index (Phi) is 6.99. The zero-order valence-electron chi connectivity index (χ0n) is 18.0. The molecule has 1 unspecified atom stereocenters. The van der Waals surface area contributed by atoms with Crippen LogP contribution in [0.15, 0.2) is 91.6 Å². The molecule has 1 saturated heterocycles. The van der Waals surface area contributed by atoms with Crippen LogP contribution in [0.25, 0.3) is 0 Å². The van der Waals surface area contributed by atoms with Gasteiger partial charge in [-0.15, -0.1) is 0 Å². The molecule has 0 aromatic heterocycles. The average molecular weight is 399 g/mol. The van der Waals surface area contributed by atoms with Crippen LogP contribution >= 0.6 is 0 Å². The van der Waals surface area contributed by atoms with Crippen molar-refractivity contribution in [3.8, 4) is 0 Å². The lowest BCUT2D eigenvalue weighted by atomic mass is 9.93. The van der Waals surface area contributed by atoms with Crippen LogP contribution in [-0.2, 0) is 12.8 Å². The Balaban J connectivity index is 1.44. The second-order valence-electron chi connectivity index (χ2n) is 8.49. The van der Waals surface area contributed by atoms with Gasteiger partial charge in [0.2, 0.25) is 0 Å². The minimum absolute atomic E-state index is 0.260. The summed E-state index contributed by atoms with van der Waals surface area (Å²) in [7, 11) is 0. The Bertz CT molecular complexity index is 848. The molecule has 1 atom stereocenters. The van der Waals surface area contributed by atoms with Gasteiger partial charge in [0.1, 0.15) is 0 Å². The molecule has 1 fully saturated rings. The normalized spacial score (nSPS) is 20.2. The van der Waals surface area contributed by atoms with E-state index in [1.807, 2.05) is 12.2 Å². The highest BCUT2D eigenvalue weighted by atomic mass is 15.2. The lowest BCUT2D eigenvalue weighted by Gasteiger charge is -2.42. The van der Waals surface area contributed by atoms with Gasteiger partial charge in [0.15, 0.2) is 0 Å². The molecule has 0 bridgehead atoms. The molecule has 156 valence electrons. The molecule has 0 N–H and O–H groups in total. The van der Waals surface area contributed by atoms with Gasteiger partial charge >= 0.3 is 0 Å². The van der Waals surface area contributed by atoms with Gasteiger partial charge in [-0.05, 0) is 47.9 Å². The van der Waals surface area contributed by atoms with Gasteiger partial charge in [0.25, 0.3) is 0 Å². The number of rotatable bonds is 6. The number of hydrogen-bond donors (Lipinski definition) is 0. The molecular weight excluding hydrogens is 364 g/mol. The molecule has 0 amide bonds. The van der Waals surface area contributed by atoms with Gasteiger partial charge in [-0.2, -0.15) is 0 Å². The molecule has 0 saturated carbocycles. The standard InChI is InChI=1S/C28H34N2/c1-3-10-23(4-2)28(26-13-6-5-7-14-26)30-21-17-27(18-22-30)29-19-15-24-11-8-9-12-25(24)16-20-29/h3-14,27-28H,1-2,15-22H2/b23-10+. The molecule has 0 spiro atoms.